The summed E-state index contributed by atoms with van der Waals surface area (Å²) in [6.07, 6.45) is 2.71. The summed E-state index contributed by atoms with van der Waals surface area (Å²) in [7, 11) is 0. The van der Waals surface area contributed by atoms with Crippen molar-refractivity contribution in [1.82, 2.24) is 15.1 Å². The van der Waals surface area contributed by atoms with Crippen LogP contribution in [0.4, 0.5) is 4.79 Å². The van der Waals surface area contributed by atoms with Crippen LogP contribution in [-0.4, -0.2) is 32.8 Å². The van der Waals surface area contributed by atoms with Crippen molar-refractivity contribution < 1.29 is 9.53 Å². The molecule has 1 N–H and O–H groups in total. The van der Waals surface area contributed by atoms with Crippen molar-refractivity contribution in [2.45, 2.75) is 64.6 Å². The Balaban J connectivity index is 1.90. The molecule has 0 radical (unpaired) electrons. The van der Waals surface area contributed by atoms with Gasteiger partial charge in [0.2, 0.25) is 0 Å². The number of carbonyl (C=O) groups is 1. The number of hydrogen-bond donors (Lipinski definition) is 1. The number of nitrogens with one attached hydrogen (secondary N) is 1. The Morgan fingerprint density at radius 2 is 2.16 bits per heavy atom. The van der Waals surface area contributed by atoms with Crippen LogP contribution >= 0.6 is 0 Å². The number of aromatic nitrogens is 2. The molecular weight excluding hydrogens is 242 g/mol. The number of nitrogens with zero attached hydrogens (tertiary/aromatic N) is 2. The fourth-order valence-electron chi connectivity index (χ4n) is 3.27. The van der Waals surface area contributed by atoms with Crippen molar-refractivity contribution >= 4 is 6.09 Å². The molecule has 2 aliphatic heterocycles. The highest BCUT2D eigenvalue weighted by molar-refractivity contribution is 5.70. The van der Waals surface area contributed by atoms with Crippen molar-refractivity contribution in [2.24, 2.45) is 0 Å². The molecule has 3 rings (SSSR count). The topological polar surface area (TPSA) is 58.2 Å². The van der Waals surface area contributed by atoms with E-state index in [9.17, 15) is 4.79 Å². The molecule has 3 heterocycles. The molecule has 19 heavy (non-hydrogen) atoms. The molecule has 1 fully saturated rings. The highest BCUT2D eigenvalue weighted by Gasteiger charge is 2.46. The average molecular weight is 263 g/mol. The van der Waals surface area contributed by atoms with Crippen LogP contribution in [0.5, 0.6) is 0 Å². The summed E-state index contributed by atoms with van der Waals surface area (Å²) in [5.74, 6) is 0. The molecule has 1 saturated heterocycles. The molecule has 5 nitrogen and oxygen atoms in total. The van der Waals surface area contributed by atoms with Gasteiger partial charge in [-0.15, -0.1) is 0 Å². The Labute approximate surface area is 113 Å². The van der Waals surface area contributed by atoms with E-state index in [-0.39, 0.29) is 18.2 Å². The molecule has 0 aliphatic carbocycles. The van der Waals surface area contributed by atoms with Crippen molar-refractivity contribution in [2.75, 3.05) is 0 Å². The minimum Gasteiger partial charge on any atom is -0.444 e. The normalized spacial score (nSPS) is 25.4. The maximum atomic E-state index is 12.4. The lowest BCUT2D eigenvalue weighted by Gasteiger charge is -2.35. The Kier molecular flexibility index (Phi) is 2.62. The number of aryl methyl sites for hydroxylation is 1. The van der Waals surface area contributed by atoms with Crippen LogP contribution in [0.25, 0.3) is 0 Å². The summed E-state index contributed by atoms with van der Waals surface area (Å²) < 4.78 is 5.55. The third-order valence-electron chi connectivity index (χ3n) is 3.94. The van der Waals surface area contributed by atoms with E-state index in [2.05, 4.69) is 10.2 Å². The molecule has 0 saturated carbocycles. The first-order valence-corrected chi connectivity index (χ1v) is 6.92. The maximum Gasteiger partial charge on any atom is 0.411 e. The fraction of sp³-hybridized carbons (Fsp3) is 0.714. The zero-order valence-electron chi connectivity index (χ0n) is 12.0. The maximum absolute atomic E-state index is 12.4. The molecule has 0 spiro atoms. The highest BCUT2D eigenvalue weighted by atomic mass is 16.6. The Morgan fingerprint density at radius 3 is 2.84 bits per heavy atom. The SMILES string of the molecule is Cc1[nH]nc2c1C1CCC(C2)N1C(=O)OC(C)(C)C. The quantitative estimate of drug-likeness (QED) is 0.783. The van der Waals surface area contributed by atoms with Gasteiger partial charge in [0.15, 0.2) is 0 Å². The van der Waals surface area contributed by atoms with Gasteiger partial charge in [-0.05, 0) is 40.5 Å². The molecule has 1 amide bonds. The Bertz CT molecular complexity index is 515. The number of amides is 1. The van der Waals surface area contributed by atoms with E-state index < -0.39 is 5.60 Å². The minimum absolute atomic E-state index is 0.141. The Hall–Kier alpha value is -1.52. The summed E-state index contributed by atoms with van der Waals surface area (Å²) in [4.78, 5) is 14.3. The molecule has 1 aromatic rings. The van der Waals surface area contributed by atoms with E-state index in [0.29, 0.717) is 0 Å². The third-order valence-corrected chi connectivity index (χ3v) is 3.94. The van der Waals surface area contributed by atoms with E-state index in [1.54, 1.807) is 0 Å². The first-order valence-electron chi connectivity index (χ1n) is 6.92. The highest BCUT2D eigenvalue weighted by Crippen LogP contribution is 2.44. The molecular formula is C14H21N3O2. The summed E-state index contributed by atoms with van der Waals surface area (Å²) in [6, 6.07) is 0.386. The summed E-state index contributed by atoms with van der Waals surface area (Å²) in [5, 5.41) is 7.40. The van der Waals surface area contributed by atoms with E-state index in [0.717, 1.165) is 30.7 Å². The van der Waals surface area contributed by atoms with Gasteiger partial charge < -0.3 is 4.74 Å². The van der Waals surface area contributed by atoms with Crippen LogP contribution < -0.4 is 0 Å². The molecule has 1 aromatic heterocycles. The second-order valence-corrected chi connectivity index (χ2v) is 6.55. The van der Waals surface area contributed by atoms with Crippen LogP contribution in [-0.2, 0) is 11.2 Å². The van der Waals surface area contributed by atoms with E-state index in [1.807, 2.05) is 32.6 Å². The summed E-state index contributed by atoms with van der Waals surface area (Å²) in [6.45, 7) is 7.75. The zero-order chi connectivity index (χ0) is 13.8. The van der Waals surface area contributed by atoms with Gasteiger partial charge in [-0.25, -0.2) is 4.79 Å². The number of ether oxygens (including phenoxy) is 1. The largest absolute Gasteiger partial charge is 0.444 e. The predicted octanol–water partition coefficient (Wildman–Crippen LogP) is 2.71. The number of hydrogen-bond acceptors (Lipinski definition) is 3. The van der Waals surface area contributed by atoms with Gasteiger partial charge in [0, 0.05) is 23.7 Å². The first-order chi connectivity index (χ1) is 8.87. The van der Waals surface area contributed by atoms with E-state index in [1.165, 1.54) is 5.56 Å². The fourth-order valence-corrected chi connectivity index (χ4v) is 3.27. The molecule has 2 bridgehead atoms. The van der Waals surface area contributed by atoms with Gasteiger partial charge in [-0.3, -0.25) is 10.00 Å². The predicted molar refractivity (Wildman–Crippen MR) is 70.9 cm³/mol. The lowest BCUT2D eigenvalue weighted by atomic mass is 9.98. The number of H-pyrrole nitrogens is 1. The molecule has 2 unspecified atom stereocenters. The lowest BCUT2D eigenvalue weighted by Crippen LogP contribution is -2.44. The second-order valence-electron chi connectivity index (χ2n) is 6.55. The lowest BCUT2D eigenvalue weighted by molar-refractivity contribution is 0.0123. The number of aromatic amines is 1. The van der Waals surface area contributed by atoms with Crippen molar-refractivity contribution in [3.63, 3.8) is 0 Å². The van der Waals surface area contributed by atoms with Crippen molar-refractivity contribution in [3.8, 4) is 0 Å². The number of carbonyl (C=O) groups excluding carboxylic acids is 1. The van der Waals surface area contributed by atoms with Gasteiger partial charge in [0.05, 0.1) is 11.7 Å². The molecule has 2 atom stereocenters. The molecule has 2 aliphatic rings. The minimum atomic E-state index is -0.442. The molecule has 0 aromatic carbocycles. The van der Waals surface area contributed by atoms with Gasteiger partial charge in [0.1, 0.15) is 5.60 Å². The van der Waals surface area contributed by atoms with Crippen LogP contribution in [0.15, 0.2) is 0 Å². The zero-order valence-corrected chi connectivity index (χ0v) is 12.0. The number of fused-ring (bicyclic) bond motifs is 4. The third kappa shape index (κ3) is 2.01. The van der Waals surface area contributed by atoms with Crippen LogP contribution in [0.1, 0.15) is 56.6 Å². The molecule has 104 valence electrons. The average Bonchev–Trinajstić information content (AvgIpc) is 2.78. The van der Waals surface area contributed by atoms with E-state index >= 15 is 0 Å². The van der Waals surface area contributed by atoms with E-state index in [4.69, 9.17) is 4.74 Å². The van der Waals surface area contributed by atoms with Gasteiger partial charge in [0.25, 0.3) is 0 Å². The van der Waals surface area contributed by atoms with Gasteiger partial charge in [-0.1, -0.05) is 0 Å². The first kappa shape index (κ1) is 12.5. The standard InChI is InChI=1S/C14H21N3O2/c1-8-12-10(16-15-8)7-9-5-6-11(12)17(9)13(18)19-14(2,3)4/h9,11H,5-7H2,1-4H3,(H,15,16). The summed E-state index contributed by atoms with van der Waals surface area (Å²) >= 11 is 0. The van der Waals surface area contributed by atoms with Crippen molar-refractivity contribution in [3.05, 3.63) is 17.0 Å². The van der Waals surface area contributed by atoms with Crippen molar-refractivity contribution in [1.29, 1.82) is 0 Å². The van der Waals surface area contributed by atoms with Crippen LogP contribution in [0.2, 0.25) is 0 Å². The molecule has 5 heteroatoms. The smallest absolute Gasteiger partial charge is 0.411 e. The van der Waals surface area contributed by atoms with Gasteiger partial charge in [-0.2, -0.15) is 5.10 Å². The second kappa shape index (κ2) is 3.99. The Morgan fingerprint density at radius 1 is 1.42 bits per heavy atom. The monoisotopic (exact) mass is 263 g/mol. The van der Waals surface area contributed by atoms with Crippen LogP contribution in [0, 0.1) is 6.92 Å². The van der Waals surface area contributed by atoms with Crippen LogP contribution in [0.3, 0.4) is 0 Å². The van der Waals surface area contributed by atoms with Gasteiger partial charge >= 0.3 is 6.09 Å². The number of rotatable bonds is 0. The summed E-state index contributed by atoms with van der Waals surface area (Å²) in [5.41, 5.74) is 2.97.